The highest BCUT2D eigenvalue weighted by atomic mass is 16.2. The van der Waals surface area contributed by atoms with E-state index in [0.29, 0.717) is 11.0 Å². The van der Waals surface area contributed by atoms with Crippen molar-refractivity contribution in [3.63, 3.8) is 0 Å². The van der Waals surface area contributed by atoms with Crippen molar-refractivity contribution in [3.05, 3.63) is 24.3 Å². The highest BCUT2D eigenvalue weighted by molar-refractivity contribution is 5.92. The van der Waals surface area contributed by atoms with Crippen molar-refractivity contribution in [2.45, 2.75) is 19.4 Å². The Morgan fingerprint density at radius 3 is 2.82 bits per heavy atom. The van der Waals surface area contributed by atoms with Gasteiger partial charge in [0.05, 0.1) is 18.0 Å². The molecule has 6 nitrogen and oxygen atoms in total. The van der Waals surface area contributed by atoms with Crippen LogP contribution in [-0.2, 0) is 4.79 Å². The second-order valence-corrected chi connectivity index (χ2v) is 3.80. The fraction of sp³-hybridized carbons (Fsp3) is 0.273. The maximum absolute atomic E-state index is 11.9. The van der Waals surface area contributed by atoms with Gasteiger partial charge >= 0.3 is 0 Å². The summed E-state index contributed by atoms with van der Waals surface area (Å²) in [6, 6.07) is 6.32. The quantitative estimate of drug-likeness (QED) is 0.825. The number of rotatable bonds is 3. The Balaban J connectivity index is 2.28. The molecule has 0 radical (unpaired) electrons. The lowest BCUT2D eigenvalue weighted by molar-refractivity contribution is -0.118. The van der Waals surface area contributed by atoms with Gasteiger partial charge in [0.15, 0.2) is 0 Å². The fourth-order valence-electron chi connectivity index (χ4n) is 1.47. The molecule has 0 spiro atoms. The number of ketones is 1. The van der Waals surface area contributed by atoms with Gasteiger partial charge in [0.25, 0.3) is 5.91 Å². The third kappa shape index (κ3) is 2.21. The zero-order valence-electron chi connectivity index (χ0n) is 9.33. The van der Waals surface area contributed by atoms with E-state index in [4.69, 9.17) is 5.73 Å². The molecule has 0 aliphatic heterocycles. The number of para-hydroxylation sites is 1. The summed E-state index contributed by atoms with van der Waals surface area (Å²) in [5.74, 6) is -0.552. The van der Waals surface area contributed by atoms with Crippen LogP contribution in [0.2, 0.25) is 0 Å². The number of hydrogen-bond acceptors (Lipinski definition) is 5. The van der Waals surface area contributed by atoms with E-state index in [1.807, 2.05) is 6.07 Å². The largest absolute Gasteiger partial charge is 0.321 e. The summed E-state index contributed by atoms with van der Waals surface area (Å²) >= 11 is 0. The second kappa shape index (κ2) is 4.42. The van der Waals surface area contributed by atoms with Crippen LogP contribution >= 0.6 is 0 Å². The first-order valence-corrected chi connectivity index (χ1v) is 5.19. The zero-order valence-corrected chi connectivity index (χ0v) is 9.33. The van der Waals surface area contributed by atoms with Crippen molar-refractivity contribution >= 4 is 22.7 Å². The van der Waals surface area contributed by atoms with Crippen LogP contribution in [0.4, 0.5) is 0 Å². The van der Waals surface area contributed by atoms with Crippen molar-refractivity contribution < 1.29 is 9.59 Å². The number of carbonyl (C=O) groups is 2. The van der Waals surface area contributed by atoms with Gasteiger partial charge in [-0.1, -0.05) is 17.3 Å². The smallest absolute Gasteiger partial charge is 0.250 e. The molecule has 0 aliphatic rings. The van der Waals surface area contributed by atoms with Gasteiger partial charge in [-0.25, -0.2) is 0 Å². The molecular weight excluding hydrogens is 220 g/mol. The molecule has 0 unspecified atom stereocenters. The second-order valence-electron chi connectivity index (χ2n) is 3.80. The van der Waals surface area contributed by atoms with Crippen LogP contribution < -0.4 is 5.73 Å². The van der Waals surface area contributed by atoms with Crippen LogP contribution in [0.1, 0.15) is 18.1 Å². The van der Waals surface area contributed by atoms with Crippen molar-refractivity contribution in [1.29, 1.82) is 0 Å². The predicted octanol–water partition coefficient (Wildman–Crippen LogP) is 0.378. The van der Waals surface area contributed by atoms with Gasteiger partial charge in [0.2, 0.25) is 0 Å². The highest BCUT2D eigenvalue weighted by Crippen LogP contribution is 2.10. The number of nitrogens with zero attached hydrogens (tertiary/aromatic N) is 3. The SMILES string of the molecule is CC(=O)[C@@H](N)CC(=O)n1nnc2ccccc21. The Labute approximate surface area is 97.4 Å². The molecule has 1 aromatic heterocycles. The van der Waals surface area contributed by atoms with E-state index in [0.717, 1.165) is 0 Å². The monoisotopic (exact) mass is 232 g/mol. The van der Waals surface area contributed by atoms with E-state index in [1.54, 1.807) is 18.2 Å². The highest BCUT2D eigenvalue weighted by Gasteiger charge is 2.17. The summed E-state index contributed by atoms with van der Waals surface area (Å²) in [6.45, 7) is 1.36. The van der Waals surface area contributed by atoms with Crippen molar-refractivity contribution in [2.24, 2.45) is 5.73 Å². The average Bonchev–Trinajstić information content (AvgIpc) is 2.72. The minimum atomic E-state index is -0.787. The first-order chi connectivity index (χ1) is 8.09. The summed E-state index contributed by atoms with van der Waals surface area (Å²) in [6.07, 6.45) is -0.0668. The molecule has 2 aromatic rings. The molecule has 1 aromatic carbocycles. The van der Waals surface area contributed by atoms with Crippen LogP contribution in [0.25, 0.3) is 11.0 Å². The zero-order chi connectivity index (χ0) is 12.4. The van der Waals surface area contributed by atoms with Crippen LogP contribution in [0.15, 0.2) is 24.3 Å². The van der Waals surface area contributed by atoms with Crippen molar-refractivity contribution in [3.8, 4) is 0 Å². The van der Waals surface area contributed by atoms with E-state index in [2.05, 4.69) is 10.3 Å². The van der Waals surface area contributed by atoms with Gasteiger partial charge in [-0.05, 0) is 19.1 Å². The Morgan fingerprint density at radius 2 is 2.12 bits per heavy atom. The number of fused-ring (bicyclic) bond motifs is 1. The summed E-state index contributed by atoms with van der Waals surface area (Å²) in [5.41, 5.74) is 6.79. The Morgan fingerprint density at radius 1 is 1.41 bits per heavy atom. The lowest BCUT2D eigenvalue weighted by atomic mass is 10.1. The first kappa shape index (κ1) is 11.4. The van der Waals surface area contributed by atoms with Gasteiger partial charge in [-0.2, -0.15) is 4.68 Å². The molecule has 2 N–H and O–H groups in total. The van der Waals surface area contributed by atoms with Crippen LogP contribution in [-0.4, -0.2) is 32.7 Å². The molecule has 2 rings (SSSR count). The van der Waals surface area contributed by atoms with Gasteiger partial charge in [0.1, 0.15) is 11.3 Å². The lowest BCUT2D eigenvalue weighted by Crippen LogP contribution is -2.33. The van der Waals surface area contributed by atoms with E-state index in [9.17, 15) is 9.59 Å². The van der Waals surface area contributed by atoms with Gasteiger partial charge in [-0.15, -0.1) is 5.10 Å². The van der Waals surface area contributed by atoms with E-state index >= 15 is 0 Å². The van der Waals surface area contributed by atoms with Crippen molar-refractivity contribution in [2.75, 3.05) is 0 Å². The standard InChI is InChI=1S/C11H12N4O2/c1-7(16)8(12)6-11(17)15-10-5-3-2-4-9(10)13-14-15/h2-5,8H,6,12H2,1H3/t8-/m0/s1. The normalized spacial score (nSPS) is 12.6. The van der Waals surface area contributed by atoms with E-state index < -0.39 is 6.04 Å². The fourth-order valence-corrected chi connectivity index (χ4v) is 1.47. The molecule has 1 atom stereocenters. The molecular formula is C11H12N4O2. The van der Waals surface area contributed by atoms with Crippen molar-refractivity contribution in [1.82, 2.24) is 15.0 Å². The predicted molar refractivity (Wildman–Crippen MR) is 61.4 cm³/mol. The molecule has 0 saturated heterocycles. The van der Waals surface area contributed by atoms with Gasteiger partial charge in [0, 0.05) is 0 Å². The van der Waals surface area contributed by atoms with Gasteiger partial charge < -0.3 is 5.73 Å². The van der Waals surface area contributed by atoms with Crippen LogP contribution in [0.3, 0.4) is 0 Å². The molecule has 0 fully saturated rings. The van der Waals surface area contributed by atoms with Gasteiger partial charge in [-0.3, -0.25) is 9.59 Å². The minimum absolute atomic E-state index is 0.0668. The molecule has 0 saturated carbocycles. The molecule has 0 bridgehead atoms. The number of hydrogen-bond donors (Lipinski definition) is 1. The minimum Gasteiger partial charge on any atom is -0.321 e. The number of carbonyl (C=O) groups excluding carboxylic acids is 2. The number of aromatic nitrogens is 3. The Hall–Kier alpha value is -2.08. The Bertz CT molecular complexity index is 576. The molecule has 6 heteroatoms. The Kier molecular flexibility index (Phi) is 2.97. The summed E-state index contributed by atoms with van der Waals surface area (Å²) < 4.78 is 1.18. The van der Waals surface area contributed by atoms with Crippen LogP contribution in [0, 0.1) is 0 Å². The first-order valence-electron chi connectivity index (χ1n) is 5.19. The summed E-state index contributed by atoms with van der Waals surface area (Å²) in [7, 11) is 0. The maximum Gasteiger partial charge on any atom is 0.250 e. The molecule has 1 heterocycles. The molecule has 0 amide bonds. The van der Waals surface area contributed by atoms with E-state index in [-0.39, 0.29) is 18.1 Å². The summed E-state index contributed by atoms with van der Waals surface area (Å²) in [5, 5.41) is 7.62. The third-order valence-corrected chi connectivity index (χ3v) is 2.50. The molecule has 17 heavy (non-hydrogen) atoms. The average molecular weight is 232 g/mol. The topological polar surface area (TPSA) is 90.9 Å². The number of benzene rings is 1. The maximum atomic E-state index is 11.9. The summed E-state index contributed by atoms with van der Waals surface area (Å²) in [4.78, 5) is 22.9. The molecule has 0 aliphatic carbocycles. The third-order valence-electron chi connectivity index (χ3n) is 2.50. The molecule has 88 valence electrons. The lowest BCUT2D eigenvalue weighted by Gasteiger charge is -2.06. The van der Waals surface area contributed by atoms with E-state index in [1.165, 1.54) is 11.6 Å². The number of nitrogens with two attached hydrogens (primary N) is 1. The number of Topliss-reactive ketones (excluding diaryl/α,β-unsaturated/α-hetero) is 1. The van der Waals surface area contributed by atoms with Crippen LogP contribution in [0.5, 0.6) is 0 Å².